The van der Waals surface area contributed by atoms with Crippen LogP contribution in [0, 0.1) is 5.82 Å². The summed E-state index contributed by atoms with van der Waals surface area (Å²) in [5.74, 6) is -1.40. The number of carbonyl (C=O) groups is 1. The highest BCUT2D eigenvalue weighted by Crippen LogP contribution is 2.27. The third-order valence-electron chi connectivity index (χ3n) is 2.52. The van der Waals surface area contributed by atoms with E-state index in [4.69, 9.17) is 0 Å². The van der Waals surface area contributed by atoms with Gasteiger partial charge in [0.1, 0.15) is 11.6 Å². The van der Waals surface area contributed by atoms with Gasteiger partial charge in [-0.25, -0.2) is 4.39 Å². The van der Waals surface area contributed by atoms with Crippen LogP contribution in [0.4, 0.5) is 18.9 Å². The summed E-state index contributed by atoms with van der Waals surface area (Å²) in [6, 6.07) is 9.35. The summed E-state index contributed by atoms with van der Waals surface area (Å²) in [6.07, 6.45) is 0. The van der Waals surface area contributed by atoms with Crippen LogP contribution in [0.25, 0.3) is 0 Å². The molecular weight excluding hydrogens is 351 g/mol. The highest BCUT2D eigenvalue weighted by Gasteiger charge is 2.15. The Kier molecular flexibility index (Phi) is 4.85. The van der Waals surface area contributed by atoms with Gasteiger partial charge in [-0.1, -0.05) is 12.1 Å². The molecule has 0 fully saturated rings. The second-order valence-electron chi connectivity index (χ2n) is 3.95. The first-order chi connectivity index (χ1) is 9.97. The van der Waals surface area contributed by atoms with Gasteiger partial charge < -0.3 is 10.1 Å². The standard InChI is InChI=1S/C14H9BrF3NO2/c15-10-6-5-8(16)7-9(10)13(20)19-11-3-1-2-4-12(11)21-14(17)18/h1-7,14H,(H,19,20). The van der Waals surface area contributed by atoms with Crippen molar-refractivity contribution in [2.45, 2.75) is 6.61 Å². The number of halogens is 4. The van der Waals surface area contributed by atoms with E-state index >= 15 is 0 Å². The van der Waals surface area contributed by atoms with Crippen molar-refractivity contribution in [3.8, 4) is 5.75 Å². The number of anilines is 1. The van der Waals surface area contributed by atoms with Crippen molar-refractivity contribution in [2.75, 3.05) is 5.32 Å². The molecule has 2 rings (SSSR count). The summed E-state index contributed by atoms with van der Waals surface area (Å²) in [5.41, 5.74) is 0.112. The number of amides is 1. The van der Waals surface area contributed by atoms with Gasteiger partial charge in [0.2, 0.25) is 0 Å². The fourth-order valence-corrected chi connectivity index (χ4v) is 2.06. The SMILES string of the molecule is O=C(Nc1ccccc1OC(F)F)c1cc(F)ccc1Br. The van der Waals surface area contributed by atoms with Crippen LogP contribution in [0.5, 0.6) is 5.75 Å². The molecule has 2 aromatic carbocycles. The molecule has 21 heavy (non-hydrogen) atoms. The number of hydrogen-bond donors (Lipinski definition) is 1. The van der Waals surface area contributed by atoms with E-state index < -0.39 is 18.3 Å². The third kappa shape index (κ3) is 3.98. The van der Waals surface area contributed by atoms with Gasteiger partial charge in [-0.2, -0.15) is 8.78 Å². The molecule has 2 aromatic rings. The molecule has 0 heterocycles. The van der Waals surface area contributed by atoms with Gasteiger partial charge in [0.25, 0.3) is 5.91 Å². The van der Waals surface area contributed by atoms with Crippen molar-refractivity contribution >= 4 is 27.5 Å². The molecule has 0 aliphatic rings. The topological polar surface area (TPSA) is 38.3 Å². The lowest BCUT2D eigenvalue weighted by atomic mass is 10.2. The molecular formula is C14H9BrF3NO2. The Morgan fingerprint density at radius 3 is 2.62 bits per heavy atom. The van der Waals surface area contributed by atoms with Gasteiger partial charge in [-0.05, 0) is 46.3 Å². The summed E-state index contributed by atoms with van der Waals surface area (Å²) in [4.78, 5) is 12.1. The first-order valence-corrected chi connectivity index (χ1v) is 6.57. The first kappa shape index (κ1) is 15.4. The third-order valence-corrected chi connectivity index (χ3v) is 3.22. The Morgan fingerprint density at radius 1 is 1.19 bits per heavy atom. The largest absolute Gasteiger partial charge is 0.433 e. The molecule has 0 aliphatic carbocycles. The van der Waals surface area contributed by atoms with E-state index in [-0.39, 0.29) is 17.0 Å². The van der Waals surface area contributed by atoms with Crippen LogP contribution < -0.4 is 10.1 Å². The average molecular weight is 360 g/mol. The Balaban J connectivity index is 2.25. The molecule has 1 amide bonds. The fourth-order valence-electron chi connectivity index (χ4n) is 1.63. The second kappa shape index (κ2) is 6.62. The normalized spacial score (nSPS) is 10.5. The minimum absolute atomic E-state index is 0.0434. The zero-order valence-electron chi connectivity index (χ0n) is 10.4. The summed E-state index contributed by atoms with van der Waals surface area (Å²) in [6.45, 7) is -3.01. The monoisotopic (exact) mass is 359 g/mol. The van der Waals surface area contributed by atoms with E-state index in [1.165, 1.54) is 30.3 Å². The van der Waals surface area contributed by atoms with Crippen molar-refractivity contribution in [2.24, 2.45) is 0 Å². The molecule has 0 saturated carbocycles. The van der Waals surface area contributed by atoms with E-state index in [9.17, 15) is 18.0 Å². The maximum absolute atomic E-state index is 13.2. The van der Waals surface area contributed by atoms with Crippen LogP contribution in [0.15, 0.2) is 46.9 Å². The second-order valence-corrected chi connectivity index (χ2v) is 4.81. The van der Waals surface area contributed by atoms with Crippen molar-refractivity contribution < 1.29 is 22.7 Å². The molecule has 0 bridgehead atoms. The number of para-hydroxylation sites is 2. The minimum Gasteiger partial charge on any atom is -0.433 e. The van der Waals surface area contributed by atoms with Gasteiger partial charge in [0.15, 0.2) is 0 Å². The van der Waals surface area contributed by atoms with E-state index in [1.807, 2.05) is 0 Å². The Labute approximate surface area is 126 Å². The van der Waals surface area contributed by atoms with Crippen LogP contribution in [-0.4, -0.2) is 12.5 Å². The summed E-state index contributed by atoms with van der Waals surface area (Å²) in [7, 11) is 0. The van der Waals surface area contributed by atoms with Crippen LogP contribution in [0.3, 0.4) is 0 Å². The van der Waals surface area contributed by atoms with Gasteiger partial charge >= 0.3 is 6.61 Å². The molecule has 0 spiro atoms. The van der Waals surface area contributed by atoms with E-state index in [2.05, 4.69) is 26.0 Å². The molecule has 110 valence electrons. The van der Waals surface area contributed by atoms with Crippen LogP contribution in [0.1, 0.15) is 10.4 Å². The first-order valence-electron chi connectivity index (χ1n) is 5.77. The lowest BCUT2D eigenvalue weighted by Gasteiger charge is -2.12. The number of carbonyl (C=O) groups excluding carboxylic acids is 1. The highest BCUT2D eigenvalue weighted by atomic mass is 79.9. The predicted octanol–water partition coefficient (Wildman–Crippen LogP) is 4.44. The number of benzene rings is 2. The quantitative estimate of drug-likeness (QED) is 0.876. The summed E-state index contributed by atoms with van der Waals surface area (Å²) in [5, 5.41) is 2.41. The van der Waals surface area contributed by atoms with Crippen LogP contribution >= 0.6 is 15.9 Å². The number of rotatable bonds is 4. The van der Waals surface area contributed by atoms with Gasteiger partial charge in [-0.3, -0.25) is 4.79 Å². The summed E-state index contributed by atoms with van der Waals surface area (Å²) < 4.78 is 42.4. The molecule has 0 aliphatic heterocycles. The fraction of sp³-hybridized carbons (Fsp3) is 0.0714. The van der Waals surface area contributed by atoms with E-state index in [0.29, 0.717) is 4.47 Å². The Bertz CT molecular complexity index is 664. The molecule has 0 aromatic heterocycles. The molecule has 0 radical (unpaired) electrons. The van der Waals surface area contributed by atoms with Crippen molar-refractivity contribution in [1.82, 2.24) is 0 Å². The summed E-state index contributed by atoms with van der Waals surface area (Å²) >= 11 is 3.12. The van der Waals surface area contributed by atoms with E-state index in [0.717, 1.165) is 6.07 Å². The average Bonchev–Trinajstić information content (AvgIpc) is 2.43. The van der Waals surface area contributed by atoms with Crippen LogP contribution in [-0.2, 0) is 0 Å². The van der Waals surface area contributed by atoms with Crippen molar-refractivity contribution in [3.63, 3.8) is 0 Å². The number of hydrogen-bond acceptors (Lipinski definition) is 2. The molecule has 0 unspecified atom stereocenters. The van der Waals surface area contributed by atoms with Crippen molar-refractivity contribution in [3.05, 3.63) is 58.3 Å². The molecule has 0 saturated heterocycles. The number of nitrogens with one attached hydrogen (secondary N) is 1. The van der Waals surface area contributed by atoms with Crippen molar-refractivity contribution in [1.29, 1.82) is 0 Å². The van der Waals surface area contributed by atoms with Gasteiger partial charge in [0.05, 0.1) is 11.3 Å². The van der Waals surface area contributed by atoms with E-state index in [1.54, 1.807) is 6.07 Å². The lowest BCUT2D eigenvalue weighted by molar-refractivity contribution is -0.0493. The number of alkyl halides is 2. The molecule has 0 atom stereocenters. The Hall–Kier alpha value is -2.02. The van der Waals surface area contributed by atoms with Crippen LogP contribution in [0.2, 0.25) is 0 Å². The smallest absolute Gasteiger partial charge is 0.387 e. The predicted molar refractivity (Wildman–Crippen MR) is 75.1 cm³/mol. The Morgan fingerprint density at radius 2 is 1.90 bits per heavy atom. The maximum Gasteiger partial charge on any atom is 0.387 e. The van der Waals surface area contributed by atoms with Gasteiger partial charge in [-0.15, -0.1) is 0 Å². The molecule has 7 heteroatoms. The lowest BCUT2D eigenvalue weighted by Crippen LogP contribution is -2.14. The maximum atomic E-state index is 13.2. The highest BCUT2D eigenvalue weighted by molar-refractivity contribution is 9.10. The number of ether oxygens (including phenoxy) is 1. The zero-order valence-corrected chi connectivity index (χ0v) is 12.0. The molecule has 3 nitrogen and oxygen atoms in total. The van der Waals surface area contributed by atoms with Gasteiger partial charge in [0, 0.05) is 4.47 Å². The zero-order chi connectivity index (χ0) is 15.4. The molecule has 1 N–H and O–H groups in total. The minimum atomic E-state index is -3.01.